The summed E-state index contributed by atoms with van der Waals surface area (Å²) in [5.74, 6) is 0.188. The fraction of sp³-hybridized carbons (Fsp3) is 0.562. The van der Waals surface area contributed by atoms with Gasteiger partial charge < -0.3 is 10.6 Å². The number of nitrogens with zero attached hydrogens (tertiary/aromatic N) is 1. The molecular formula is C16H26N2O. The molecule has 0 aliphatic heterocycles. The van der Waals surface area contributed by atoms with Crippen LogP contribution in [0.25, 0.3) is 0 Å². The van der Waals surface area contributed by atoms with E-state index in [1.807, 2.05) is 11.9 Å². The normalized spacial score (nSPS) is 10.6. The van der Waals surface area contributed by atoms with Crippen molar-refractivity contribution >= 4 is 5.91 Å². The Morgan fingerprint density at radius 3 is 2.32 bits per heavy atom. The molecule has 0 heterocycles. The van der Waals surface area contributed by atoms with E-state index in [1.165, 1.54) is 22.3 Å². The average molecular weight is 262 g/mol. The van der Waals surface area contributed by atoms with E-state index >= 15 is 0 Å². The van der Waals surface area contributed by atoms with E-state index in [0.29, 0.717) is 13.0 Å². The largest absolute Gasteiger partial charge is 0.345 e. The van der Waals surface area contributed by atoms with Gasteiger partial charge in [-0.25, -0.2) is 0 Å². The average Bonchev–Trinajstić information content (AvgIpc) is 2.34. The molecule has 19 heavy (non-hydrogen) atoms. The first-order chi connectivity index (χ1) is 8.95. The molecular weight excluding hydrogens is 236 g/mol. The van der Waals surface area contributed by atoms with Crippen LogP contribution in [0.1, 0.15) is 35.1 Å². The van der Waals surface area contributed by atoms with Crippen molar-refractivity contribution in [1.29, 1.82) is 0 Å². The molecule has 0 radical (unpaired) electrons. The van der Waals surface area contributed by atoms with Crippen molar-refractivity contribution in [1.82, 2.24) is 4.90 Å². The molecule has 1 rings (SSSR count). The van der Waals surface area contributed by atoms with Gasteiger partial charge in [0.25, 0.3) is 0 Å². The van der Waals surface area contributed by atoms with Gasteiger partial charge in [-0.3, -0.25) is 4.79 Å². The van der Waals surface area contributed by atoms with Crippen LogP contribution < -0.4 is 5.73 Å². The third-order valence-corrected chi connectivity index (χ3v) is 3.56. The number of rotatable bonds is 6. The molecule has 0 atom stereocenters. The van der Waals surface area contributed by atoms with E-state index in [-0.39, 0.29) is 5.91 Å². The molecule has 1 aromatic rings. The van der Waals surface area contributed by atoms with E-state index in [1.54, 1.807) is 0 Å². The summed E-state index contributed by atoms with van der Waals surface area (Å²) in [5, 5.41) is 0. The molecule has 0 saturated carbocycles. The lowest BCUT2D eigenvalue weighted by Crippen LogP contribution is -2.29. The first kappa shape index (κ1) is 15.7. The van der Waals surface area contributed by atoms with Crippen LogP contribution in [-0.2, 0) is 11.2 Å². The molecule has 106 valence electrons. The van der Waals surface area contributed by atoms with Gasteiger partial charge in [0, 0.05) is 20.0 Å². The Morgan fingerprint density at radius 2 is 1.79 bits per heavy atom. The highest BCUT2D eigenvalue weighted by Gasteiger charge is 2.10. The number of aryl methyl sites for hydroxylation is 3. The number of benzene rings is 1. The van der Waals surface area contributed by atoms with Gasteiger partial charge in [-0.15, -0.1) is 0 Å². The van der Waals surface area contributed by atoms with E-state index in [0.717, 1.165) is 19.4 Å². The summed E-state index contributed by atoms with van der Waals surface area (Å²) < 4.78 is 0. The SMILES string of the molecule is Cc1cc(C)c(CCN(C)C(=O)CCCN)c(C)c1. The minimum Gasteiger partial charge on any atom is -0.345 e. The molecule has 0 spiro atoms. The maximum Gasteiger partial charge on any atom is 0.222 e. The molecule has 1 aromatic carbocycles. The van der Waals surface area contributed by atoms with E-state index in [9.17, 15) is 4.79 Å². The number of likely N-dealkylation sites (N-methyl/N-ethyl adjacent to an activating group) is 1. The molecule has 0 unspecified atom stereocenters. The van der Waals surface area contributed by atoms with Crippen molar-refractivity contribution in [3.63, 3.8) is 0 Å². The lowest BCUT2D eigenvalue weighted by Gasteiger charge is -2.19. The van der Waals surface area contributed by atoms with Crippen molar-refractivity contribution in [3.8, 4) is 0 Å². The lowest BCUT2D eigenvalue weighted by molar-refractivity contribution is -0.129. The maximum atomic E-state index is 11.8. The van der Waals surface area contributed by atoms with Crippen molar-refractivity contribution in [3.05, 3.63) is 34.4 Å². The fourth-order valence-electron chi connectivity index (χ4n) is 2.45. The van der Waals surface area contributed by atoms with Crippen LogP contribution in [0.4, 0.5) is 0 Å². The number of hydrogen-bond acceptors (Lipinski definition) is 2. The zero-order valence-electron chi connectivity index (χ0n) is 12.6. The second-order valence-corrected chi connectivity index (χ2v) is 5.33. The van der Waals surface area contributed by atoms with Crippen molar-refractivity contribution in [2.45, 2.75) is 40.0 Å². The minimum atomic E-state index is 0.188. The predicted molar refractivity (Wildman–Crippen MR) is 80.3 cm³/mol. The topological polar surface area (TPSA) is 46.3 Å². The number of carbonyl (C=O) groups excluding carboxylic acids is 1. The summed E-state index contributed by atoms with van der Waals surface area (Å²) in [5.41, 5.74) is 10.7. The molecule has 0 aromatic heterocycles. The van der Waals surface area contributed by atoms with Gasteiger partial charge in [-0.2, -0.15) is 0 Å². The van der Waals surface area contributed by atoms with Crippen LogP contribution in [0, 0.1) is 20.8 Å². The predicted octanol–water partition coefficient (Wildman–Crippen LogP) is 2.35. The molecule has 0 fully saturated rings. The van der Waals surface area contributed by atoms with Crippen LogP contribution >= 0.6 is 0 Å². The number of hydrogen-bond donors (Lipinski definition) is 1. The summed E-state index contributed by atoms with van der Waals surface area (Å²) >= 11 is 0. The smallest absolute Gasteiger partial charge is 0.222 e. The van der Waals surface area contributed by atoms with Gasteiger partial charge in [0.15, 0.2) is 0 Å². The van der Waals surface area contributed by atoms with Crippen LogP contribution in [0.3, 0.4) is 0 Å². The monoisotopic (exact) mass is 262 g/mol. The number of carbonyl (C=O) groups is 1. The van der Waals surface area contributed by atoms with E-state index in [2.05, 4.69) is 32.9 Å². The second-order valence-electron chi connectivity index (χ2n) is 5.33. The Bertz CT molecular complexity index is 417. The zero-order chi connectivity index (χ0) is 14.4. The third kappa shape index (κ3) is 4.67. The number of nitrogens with two attached hydrogens (primary N) is 1. The molecule has 0 aliphatic carbocycles. The quantitative estimate of drug-likeness (QED) is 0.855. The Kier molecular flexibility index (Phi) is 6.03. The molecule has 0 saturated heterocycles. The summed E-state index contributed by atoms with van der Waals surface area (Å²) in [6.07, 6.45) is 2.24. The van der Waals surface area contributed by atoms with Crippen LogP contribution in [0.2, 0.25) is 0 Å². The summed E-state index contributed by atoms with van der Waals surface area (Å²) in [7, 11) is 1.87. The van der Waals surface area contributed by atoms with Gasteiger partial charge in [-0.05, 0) is 56.8 Å². The molecule has 1 amide bonds. The van der Waals surface area contributed by atoms with E-state index < -0.39 is 0 Å². The van der Waals surface area contributed by atoms with Gasteiger partial charge in [0.2, 0.25) is 5.91 Å². The highest BCUT2D eigenvalue weighted by Crippen LogP contribution is 2.17. The Morgan fingerprint density at radius 1 is 1.21 bits per heavy atom. The first-order valence-corrected chi connectivity index (χ1v) is 6.96. The molecule has 0 bridgehead atoms. The molecule has 3 heteroatoms. The standard InChI is InChI=1S/C16H26N2O/c1-12-10-13(2)15(14(3)11-12)7-9-18(4)16(19)6-5-8-17/h10-11H,5-9,17H2,1-4H3. The van der Waals surface area contributed by atoms with Crippen LogP contribution in [0.15, 0.2) is 12.1 Å². The summed E-state index contributed by atoms with van der Waals surface area (Å²) in [4.78, 5) is 13.6. The van der Waals surface area contributed by atoms with Crippen molar-refractivity contribution in [2.75, 3.05) is 20.1 Å². The maximum absolute atomic E-state index is 11.8. The lowest BCUT2D eigenvalue weighted by atomic mass is 9.97. The van der Waals surface area contributed by atoms with Crippen molar-refractivity contribution in [2.24, 2.45) is 5.73 Å². The summed E-state index contributed by atoms with van der Waals surface area (Å²) in [6.45, 7) is 7.76. The Balaban J connectivity index is 2.59. The Hall–Kier alpha value is -1.35. The number of amides is 1. The van der Waals surface area contributed by atoms with Gasteiger partial charge >= 0.3 is 0 Å². The van der Waals surface area contributed by atoms with Crippen molar-refractivity contribution < 1.29 is 4.79 Å². The van der Waals surface area contributed by atoms with Gasteiger partial charge in [0.05, 0.1) is 0 Å². The first-order valence-electron chi connectivity index (χ1n) is 6.96. The zero-order valence-corrected chi connectivity index (χ0v) is 12.6. The fourth-order valence-corrected chi connectivity index (χ4v) is 2.45. The highest BCUT2D eigenvalue weighted by atomic mass is 16.2. The highest BCUT2D eigenvalue weighted by molar-refractivity contribution is 5.75. The van der Waals surface area contributed by atoms with Crippen LogP contribution in [0.5, 0.6) is 0 Å². The second kappa shape index (κ2) is 7.29. The summed E-state index contributed by atoms with van der Waals surface area (Å²) in [6, 6.07) is 4.41. The minimum absolute atomic E-state index is 0.188. The molecule has 3 nitrogen and oxygen atoms in total. The molecule has 2 N–H and O–H groups in total. The van der Waals surface area contributed by atoms with Crippen LogP contribution in [-0.4, -0.2) is 30.9 Å². The Labute approximate surface area is 116 Å². The van der Waals surface area contributed by atoms with Gasteiger partial charge in [0.1, 0.15) is 0 Å². The van der Waals surface area contributed by atoms with E-state index in [4.69, 9.17) is 5.73 Å². The third-order valence-electron chi connectivity index (χ3n) is 3.56. The van der Waals surface area contributed by atoms with Gasteiger partial charge in [-0.1, -0.05) is 17.7 Å². The molecule has 0 aliphatic rings.